The minimum absolute atomic E-state index is 0. The Kier molecular flexibility index (Phi) is 20.0. The molecule has 2 aromatic rings. The van der Waals surface area contributed by atoms with E-state index in [-0.39, 0.29) is 24.8 Å². The van der Waals surface area contributed by atoms with Gasteiger partial charge in [0.1, 0.15) is 0 Å². The van der Waals surface area contributed by atoms with Crippen molar-refractivity contribution in [2.75, 3.05) is 40.4 Å². The SMILES string of the molecule is CCCCc1c(CCNCCCCCCNCCc2ccccc2)ccc(OC)c1OC.Cl.Cl. The van der Waals surface area contributed by atoms with Crippen LogP contribution in [0.15, 0.2) is 42.5 Å². The minimum Gasteiger partial charge on any atom is -0.493 e. The second-order valence-electron chi connectivity index (χ2n) is 8.44. The second kappa shape index (κ2) is 20.9. The van der Waals surface area contributed by atoms with Gasteiger partial charge in [-0.3, -0.25) is 0 Å². The second-order valence-corrected chi connectivity index (χ2v) is 8.44. The Morgan fingerprint density at radius 1 is 0.647 bits per heavy atom. The van der Waals surface area contributed by atoms with Gasteiger partial charge in [-0.25, -0.2) is 0 Å². The lowest BCUT2D eigenvalue weighted by atomic mass is 9.98. The van der Waals surface area contributed by atoms with E-state index in [1.807, 2.05) is 6.07 Å². The molecule has 0 heterocycles. The third kappa shape index (κ3) is 12.3. The molecule has 4 nitrogen and oxygen atoms in total. The van der Waals surface area contributed by atoms with E-state index in [9.17, 15) is 0 Å². The molecule has 0 spiro atoms. The van der Waals surface area contributed by atoms with Gasteiger partial charge in [-0.1, -0.05) is 62.6 Å². The summed E-state index contributed by atoms with van der Waals surface area (Å²) in [5, 5.41) is 7.19. The number of nitrogens with one attached hydrogen (secondary N) is 2. The molecule has 2 aromatic carbocycles. The highest BCUT2D eigenvalue weighted by Crippen LogP contribution is 2.34. The number of ether oxygens (including phenoxy) is 2. The first-order valence-corrected chi connectivity index (χ1v) is 12.5. The summed E-state index contributed by atoms with van der Waals surface area (Å²) in [6.45, 7) is 6.53. The third-order valence-electron chi connectivity index (χ3n) is 5.99. The largest absolute Gasteiger partial charge is 0.493 e. The predicted molar refractivity (Wildman–Crippen MR) is 151 cm³/mol. The van der Waals surface area contributed by atoms with Crippen LogP contribution in [-0.2, 0) is 19.3 Å². The summed E-state index contributed by atoms with van der Waals surface area (Å²) in [6, 6.07) is 15.0. The van der Waals surface area contributed by atoms with Crippen LogP contribution in [0.1, 0.15) is 62.1 Å². The van der Waals surface area contributed by atoms with Crippen molar-refractivity contribution in [1.29, 1.82) is 0 Å². The first-order valence-electron chi connectivity index (χ1n) is 12.5. The van der Waals surface area contributed by atoms with Crippen molar-refractivity contribution in [3.8, 4) is 11.5 Å². The van der Waals surface area contributed by atoms with Crippen molar-refractivity contribution in [2.24, 2.45) is 0 Å². The summed E-state index contributed by atoms with van der Waals surface area (Å²) < 4.78 is 11.2. The van der Waals surface area contributed by atoms with Crippen LogP contribution in [-0.4, -0.2) is 40.4 Å². The molecule has 2 N–H and O–H groups in total. The Morgan fingerprint density at radius 2 is 1.29 bits per heavy atom. The standard InChI is InChI=1S/C28H44N2O2.2ClH/c1-4-5-15-26-25(16-17-27(31-2)28(26)32-3)19-23-30-21-12-7-6-11-20-29-22-18-24-13-9-8-10-14-24;;/h8-10,13-14,16-17,29-30H,4-7,11-12,15,18-23H2,1-3H3;2*1H. The Bertz CT molecular complexity index is 745. The van der Waals surface area contributed by atoms with Crippen molar-refractivity contribution < 1.29 is 9.47 Å². The molecule has 0 aromatic heterocycles. The van der Waals surface area contributed by atoms with Crippen LogP contribution in [0.5, 0.6) is 11.5 Å². The maximum absolute atomic E-state index is 5.68. The molecule has 2 rings (SSSR count). The number of methoxy groups -OCH3 is 2. The van der Waals surface area contributed by atoms with Crippen LogP contribution >= 0.6 is 24.8 Å². The van der Waals surface area contributed by atoms with E-state index in [0.717, 1.165) is 56.9 Å². The van der Waals surface area contributed by atoms with E-state index in [4.69, 9.17) is 9.47 Å². The molecular formula is C28H46Cl2N2O2. The number of rotatable bonds is 18. The lowest BCUT2D eigenvalue weighted by Gasteiger charge is -2.17. The number of halogens is 2. The zero-order valence-corrected chi connectivity index (χ0v) is 23.0. The summed E-state index contributed by atoms with van der Waals surface area (Å²) in [7, 11) is 3.46. The smallest absolute Gasteiger partial charge is 0.164 e. The molecule has 0 bridgehead atoms. The molecule has 0 atom stereocenters. The van der Waals surface area contributed by atoms with E-state index in [0.29, 0.717) is 0 Å². The van der Waals surface area contributed by atoms with E-state index < -0.39 is 0 Å². The van der Waals surface area contributed by atoms with Crippen LogP contribution < -0.4 is 20.1 Å². The fraction of sp³-hybridized carbons (Fsp3) is 0.571. The summed E-state index contributed by atoms with van der Waals surface area (Å²) in [4.78, 5) is 0. The molecule has 0 amide bonds. The van der Waals surface area contributed by atoms with Crippen molar-refractivity contribution in [3.05, 3.63) is 59.2 Å². The quantitative estimate of drug-likeness (QED) is 0.226. The molecule has 0 saturated heterocycles. The maximum Gasteiger partial charge on any atom is 0.164 e. The van der Waals surface area contributed by atoms with Crippen molar-refractivity contribution >= 4 is 24.8 Å². The summed E-state index contributed by atoms with van der Waals surface area (Å²) in [5.41, 5.74) is 4.11. The van der Waals surface area contributed by atoms with Crippen LogP contribution in [0.25, 0.3) is 0 Å². The normalized spacial score (nSPS) is 10.3. The molecule has 0 unspecified atom stereocenters. The van der Waals surface area contributed by atoms with Crippen LogP contribution in [0.4, 0.5) is 0 Å². The maximum atomic E-state index is 5.68. The highest BCUT2D eigenvalue weighted by molar-refractivity contribution is 5.85. The molecule has 0 aliphatic rings. The molecule has 0 aliphatic heterocycles. The molecule has 34 heavy (non-hydrogen) atoms. The fourth-order valence-electron chi connectivity index (χ4n) is 4.10. The monoisotopic (exact) mass is 512 g/mol. The predicted octanol–water partition coefficient (Wildman–Crippen LogP) is 6.41. The number of unbranched alkanes of at least 4 members (excludes halogenated alkanes) is 4. The molecule has 0 fully saturated rings. The number of benzene rings is 2. The van der Waals surface area contributed by atoms with Gasteiger partial charge in [0, 0.05) is 5.56 Å². The van der Waals surface area contributed by atoms with Gasteiger partial charge in [0.2, 0.25) is 0 Å². The summed E-state index contributed by atoms with van der Waals surface area (Å²) in [5.74, 6) is 1.75. The van der Waals surface area contributed by atoms with E-state index in [2.05, 4.69) is 54.0 Å². The average molecular weight is 514 g/mol. The molecule has 0 saturated carbocycles. The van der Waals surface area contributed by atoms with Crippen molar-refractivity contribution in [1.82, 2.24) is 10.6 Å². The summed E-state index contributed by atoms with van der Waals surface area (Å²) in [6.07, 6.45) is 10.7. The van der Waals surface area contributed by atoms with Gasteiger partial charge >= 0.3 is 0 Å². The molecule has 0 aliphatic carbocycles. The fourth-order valence-corrected chi connectivity index (χ4v) is 4.10. The lowest BCUT2D eigenvalue weighted by molar-refractivity contribution is 0.350. The van der Waals surface area contributed by atoms with Crippen LogP contribution in [0.3, 0.4) is 0 Å². The average Bonchev–Trinajstić information content (AvgIpc) is 2.83. The lowest BCUT2D eigenvalue weighted by Crippen LogP contribution is -2.20. The van der Waals surface area contributed by atoms with Gasteiger partial charge in [0.15, 0.2) is 11.5 Å². The van der Waals surface area contributed by atoms with Crippen LogP contribution in [0, 0.1) is 0 Å². The highest BCUT2D eigenvalue weighted by atomic mass is 35.5. The van der Waals surface area contributed by atoms with Gasteiger partial charge in [0.05, 0.1) is 14.2 Å². The van der Waals surface area contributed by atoms with Gasteiger partial charge in [-0.2, -0.15) is 0 Å². The topological polar surface area (TPSA) is 42.5 Å². The highest BCUT2D eigenvalue weighted by Gasteiger charge is 2.14. The van der Waals surface area contributed by atoms with E-state index in [1.54, 1.807) is 14.2 Å². The Labute approximate surface area is 220 Å². The van der Waals surface area contributed by atoms with Gasteiger partial charge in [0.25, 0.3) is 0 Å². The van der Waals surface area contributed by atoms with Crippen molar-refractivity contribution in [3.63, 3.8) is 0 Å². The third-order valence-corrected chi connectivity index (χ3v) is 5.99. The Hall–Kier alpha value is -1.46. The molecule has 0 radical (unpaired) electrons. The summed E-state index contributed by atoms with van der Waals surface area (Å²) >= 11 is 0. The van der Waals surface area contributed by atoms with E-state index >= 15 is 0 Å². The molecule has 6 heteroatoms. The zero-order chi connectivity index (χ0) is 22.9. The number of hydrogen-bond acceptors (Lipinski definition) is 4. The minimum atomic E-state index is 0. The Balaban J connectivity index is 0.00000544. The Morgan fingerprint density at radius 3 is 1.88 bits per heavy atom. The first kappa shape index (κ1) is 32.5. The van der Waals surface area contributed by atoms with Crippen molar-refractivity contribution in [2.45, 2.75) is 64.7 Å². The van der Waals surface area contributed by atoms with Gasteiger partial charge < -0.3 is 20.1 Å². The molecule has 194 valence electrons. The zero-order valence-electron chi connectivity index (χ0n) is 21.4. The van der Waals surface area contributed by atoms with Crippen LogP contribution in [0.2, 0.25) is 0 Å². The first-order chi connectivity index (χ1) is 15.8. The van der Waals surface area contributed by atoms with Gasteiger partial charge in [-0.05, 0) is 81.9 Å². The van der Waals surface area contributed by atoms with Gasteiger partial charge in [-0.15, -0.1) is 24.8 Å². The number of hydrogen-bond donors (Lipinski definition) is 2. The molecular weight excluding hydrogens is 467 g/mol. The van der Waals surface area contributed by atoms with E-state index in [1.165, 1.54) is 55.2 Å².